The Labute approximate surface area is 124 Å². The minimum atomic E-state index is 0.322. The van der Waals surface area contributed by atoms with Gasteiger partial charge in [-0.1, -0.05) is 41.9 Å². The van der Waals surface area contributed by atoms with Crippen LogP contribution in [0, 0.1) is 5.92 Å². The maximum absolute atomic E-state index is 12.0. The van der Waals surface area contributed by atoms with Crippen molar-refractivity contribution in [1.82, 2.24) is 4.90 Å². The first-order valence-electron chi connectivity index (χ1n) is 7.09. The van der Waals surface area contributed by atoms with Crippen molar-refractivity contribution in [3.63, 3.8) is 0 Å². The molecule has 2 rings (SSSR count). The fourth-order valence-corrected chi connectivity index (χ4v) is 3.12. The summed E-state index contributed by atoms with van der Waals surface area (Å²) >= 11 is 3.53. The average Bonchev–Trinajstić information content (AvgIpc) is 2.38. The summed E-state index contributed by atoms with van der Waals surface area (Å²) in [5.74, 6) is 1.37. The van der Waals surface area contributed by atoms with Gasteiger partial charge in [-0.3, -0.25) is 4.79 Å². The van der Waals surface area contributed by atoms with Crippen molar-refractivity contribution >= 4 is 21.8 Å². The lowest BCUT2D eigenvalue weighted by atomic mass is 9.89. The van der Waals surface area contributed by atoms with E-state index in [-0.39, 0.29) is 0 Å². The van der Waals surface area contributed by atoms with Crippen molar-refractivity contribution in [1.29, 1.82) is 0 Å². The van der Waals surface area contributed by atoms with Gasteiger partial charge in [0.25, 0.3) is 0 Å². The SMILES string of the molecule is CC(C)CC(=O)N1CCC(c2cccc(Br)c2)CC1. The molecule has 0 unspecified atom stereocenters. The highest BCUT2D eigenvalue weighted by atomic mass is 79.9. The third-order valence-electron chi connectivity index (χ3n) is 3.75. The molecule has 0 radical (unpaired) electrons. The second-order valence-corrected chi connectivity index (χ2v) is 6.72. The predicted molar refractivity (Wildman–Crippen MR) is 82.2 cm³/mol. The van der Waals surface area contributed by atoms with Crippen LogP contribution >= 0.6 is 15.9 Å². The van der Waals surface area contributed by atoms with E-state index in [4.69, 9.17) is 0 Å². The van der Waals surface area contributed by atoms with E-state index in [0.717, 1.165) is 30.4 Å². The lowest BCUT2D eigenvalue weighted by molar-refractivity contribution is -0.133. The molecular weight excluding hydrogens is 302 g/mol. The van der Waals surface area contributed by atoms with E-state index in [9.17, 15) is 4.79 Å². The van der Waals surface area contributed by atoms with Gasteiger partial charge in [-0.2, -0.15) is 0 Å². The fraction of sp³-hybridized carbons (Fsp3) is 0.562. The molecule has 1 aliphatic heterocycles. The first-order valence-corrected chi connectivity index (χ1v) is 7.89. The topological polar surface area (TPSA) is 20.3 Å². The Morgan fingerprint density at radius 1 is 1.37 bits per heavy atom. The van der Waals surface area contributed by atoms with Gasteiger partial charge in [-0.25, -0.2) is 0 Å². The quantitative estimate of drug-likeness (QED) is 0.816. The number of amides is 1. The Kier molecular flexibility index (Phi) is 5.03. The number of halogens is 1. The molecule has 1 amide bonds. The van der Waals surface area contributed by atoms with E-state index in [1.54, 1.807) is 0 Å². The normalized spacial score (nSPS) is 16.9. The van der Waals surface area contributed by atoms with Gasteiger partial charge >= 0.3 is 0 Å². The van der Waals surface area contributed by atoms with Gasteiger partial charge in [0, 0.05) is 24.0 Å². The van der Waals surface area contributed by atoms with Crippen LogP contribution < -0.4 is 0 Å². The number of carbonyl (C=O) groups is 1. The monoisotopic (exact) mass is 323 g/mol. The molecule has 0 aliphatic carbocycles. The Hall–Kier alpha value is -0.830. The van der Waals surface area contributed by atoms with Gasteiger partial charge in [-0.05, 0) is 42.4 Å². The lowest BCUT2D eigenvalue weighted by Gasteiger charge is -2.32. The van der Waals surface area contributed by atoms with Crippen molar-refractivity contribution in [3.05, 3.63) is 34.3 Å². The summed E-state index contributed by atoms with van der Waals surface area (Å²) in [7, 11) is 0. The molecule has 0 aromatic heterocycles. The number of nitrogens with zero attached hydrogens (tertiary/aromatic N) is 1. The molecule has 1 aliphatic rings. The Balaban J connectivity index is 1.90. The molecular formula is C16H22BrNO. The highest BCUT2D eigenvalue weighted by molar-refractivity contribution is 9.10. The summed E-state index contributed by atoms with van der Waals surface area (Å²) in [6.45, 7) is 6.02. The smallest absolute Gasteiger partial charge is 0.222 e. The first kappa shape index (κ1) is 14.6. The molecule has 19 heavy (non-hydrogen) atoms. The van der Waals surface area contributed by atoms with Gasteiger partial charge in [0.2, 0.25) is 5.91 Å². The Morgan fingerprint density at radius 2 is 2.05 bits per heavy atom. The lowest BCUT2D eigenvalue weighted by Crippen LogP contribution is -2.38. The summed E-state index contributed by atoms with van der Waals surface area (Å²) in [6, 6.07) is 8.55. The minimum Gasteiger partial charge on any atom is -0.343 e. The maximum Gasteiger partial charge on any atom is 0.222 e. The standard InChI is InChI=1S/C16H22BrNO/c1-12(2)10-16(19)18-8-6-13(7-9-18)14-4-3-5-15(17)11-14/h3-5,11-13H,6-10H2,1-2H3. The zero-order valence-corrected chi connectivity index (χ0v) is 13.3. The van der Waals surface area contributed by atoms with Gasteiger partial charge in [-0.15, -0.1) is 0 Å². The summed E-state index contributed by atoms with van der Waals surface area (Å²) in [4.78, 5) is 14.1. The zero-order valence-electron chi connectivity index (χ0n) is 11.7. The number of likely N-dealkylation sites (tertiary alicyclic amines) is 1. The molecule has 0 saturated carbocycles. The molecule has 0 atom stereocenters. The minimum absolute atomic E-state index is 0.322. The van der Waals surface area contributed by atoms with E-state index in [1.165, 1.54) is 5.56 Å². The van der Waals surface area contributed by atoms with Crippen LogP contribution in [0.4, 0.5) is 0 Å². The maximum atomic E-state index is 12.0. The van der Waals surface area contributed by atoms with Crippen LogP contribution in [0.2, 0.25) is 0 Å². The number of rotatable bonds is 3. The fourth-order valence-electron chi connectivity index (χ4n) is 2.70. The van der Waals surface area contributed by atoms with Crippen molar-refractivity contribution in [3.8, 4) is 0 Å². The van der Waals surface area contributed by atoms with Crippen LogP contribution in [0.5, 0.6) is 0 Å². The molecule has 0 bridgehead atoms. The Bertz CT molecular complexity index is 436. The number of benzene rings is 1. The van der Waals surface area contributed by atoms with E-state index >= 15 is 0 Å². The molecule has 104 valence electrons. The predicted octanol–water partition coefficient (Wildman–Crippen LogP) is 4.20. The highest BCUT2D eigenvalue weighted by Crippen LogP contribution is 2.29. The highest BCUT2D eigenvalue weighted by Gasteiger charge is 2.23. The second kappa shape index (κ2) is 6.56. The van der Waals surface area contributed by atoms with Crippen molar-refractivity contribution in [2.45, 2.75) is 39.0 Å². The molecule has 1 aromatic carbocycles. The summed E-state index contributed by atoms with van der Waals surface area (Å²) < 4.78 is 1.14. The molecule has 0 spiro atoms. The number of piperidine rings is 1. The van der Waals surface area contributed by atoms with Crippen molar-refractivity contribution in [2.75, 3.05) is 13.1 Å². The molecule has 0 N–H and O–H groups in total. The van der Waals surface area contributed by atoms with E-state index in [2.05, 4.69) is 54.0 Å². The molecule has 3 heteroatoms. The van der Waals surface area contributed by atoms with E-state index < -0.39 is 0 Å². The first-order chi connectivity index (χ1) is 9.06. The van der Waals surface area contributed by atoms with E-state index in [1.807, 2.05) is 4.90 Å². The molecule has 1 aromatic rings. The largest absolute Gasteiger partial charge is 0.343 e. The molecule has 1 saturated heterocycles. The second-order valence-electron chi connectivity index (χ2n) is 5.81. The summed E-state index contributed by atoms with van der Waals surface area (Å²) in [5.41, 5.74) is 1.39. The third kappa shape index (κ3) is 4.07. The van der Waals surface area contributed by atoms with Crippen LogP contribution in [0.1, 0.15) is 44.6 Å². The van der Waals surface area contributed by atoms with Crippen molar-refractivity contribution in [2.24, 2.45) is 5.92 Å². The van der Waals surface area contributed by atoms with Crippen LogP contribution in [0.25, 0.3) is 0 Å². The number of hydrogen-bond donors (Lipinski definition) is 0. The average molecular weight is 324 g/mol. The summed E-state index contributed by atoms with van der Waals surface area (Å²) in [5, 5.41) is 0. The molecule has 2 nitrogen and oxygen atoms in total. The van der Waals surface area contributed by atoms with Crippen LogP contribution in [-0.4, -0.2) is 23.9 Å². The zero-order chi connectivity index (χ0) is 13.8. The molecule has 1 fully saturated rings. The van der Waals surface area contributed by atoms with Crippen molar-refractivity contribution < 1.29 is 4.79 Å². The van der Waals surface area contributed by atoms with Crippen LogP contribution in [-0.2, 0) is 4.79 Å². The van der Waals surface area contributed by atoms with Gasteiger partial charge in [0.05, 0.1) is 0 Å². The summed E-state index contributed by atoms with van der Waals surface area (Å²) in [6.07, 6.45) is 2.85. The van der Waals surface area contributed by atoms with Gasteiger partial charge < -0.3 is 4.90 Å². The van der Waals surface area contributed by atoms with Crippen LogP contribution in [0.3, 0.4) is 0 Å². The Morgan fingerprint density at radius 3 is 2.63 bits per heavy atom. The number of hydrogen-bond acceptors (Lipinski definition) is 1. The van der Waals surface area contributed by atoms with Gasteiger partial charge in [0.1, 0.15) is 0 Å². The van der Waals surface area contributed by atoms with Gasteiger partial charge in [0.15, 0.2) is 0 Å². The molecule has 1 heterocycles. The number of carbonyl (C=O) groups excluding carboxylic acids is 1. The van der Waals surface area contributed by atoms with E-state index in [0.29, 0.717) is 24.2 Å². The van der Waals surface area contributed by atoms with Crippen LogP contribution in [0.15, 0.2) is 28.7 Å². The third-order valence-corrected chi connectivity index (χ3v) is 4.24.